The molecule has 2 unspecified atom stereocenters. The maximum absolute atomic E-state index is 14.3. The van der Waals surface area contributed by atoms with Crippen molar-refractivity contribution in [2.24, 2.45) is 10.9 Å². The number of benzene rings is 1. The van der Waals surface area contributed by atoms with Crippen molar-refractivity contribution in [1.82, 2.24) is 19.9 Å². The predicted molar refractivity (Wildman–Crippen MR) is 168 cm³/mol. The van der Waals surface area contributed by atoms with Gasteiger partial charge in [-0.3, -0.25) is 15.0 Å². The number of hydrogen-bond acceptors (Lipinski definition) is 6. The summed E-state index contributed by atoms with van der Waals surface area (Å²) in [7, 11) is 4.23. The van der Waals surface area contributed by atoms with Crippen LogP contribution in [0.5, 0.6) is 0 Å². The zero-order valence-electron chi connectivity index (χ0n) is 25.0. The van der Waals surface area contributed by atoms with Crippen LogP contribution in [0.3, 0.4) is 0 Å². The number of nitrogens with zero attached hydrogens (tertiary/aromatic N) is 6. The van der Waals surface area contributed by atoms with Crippen LogP contribution in [0.1, 0.15) is 90.8 Å². The third-order valence-corrected chi connectivity index (χ3v) is 10.0. The third kappa shape index (κ3) is 7.05. The molecule has 2 aromatic heterocycles. The van der Waals surface area contributed by atoms with Gasteiger partial charge >= 0.3 is 0 Å². The maximum Gasteiger partial charge on any atom is 0.159 e. The SMILES string of the molecule is C=C(c1nc(C#N)cnc1PCC1CCC(c2cnc(C)c(/C(C)=N\C)c2)CC1)N(C)C(C)c1ccc(C)c(F)c1. The normalized spacial score (nSPS) is 18.3. The second kappa shape index (κ2) is 13.4. The Labute approximate surface area is 245 Å². The number of aliphatic imine (C=N–C) groups is 1. The molecule has 1 aromatic carbocycles. The van der Waals surface area contributed by atoms with E-state index in [1.165, 1.54) is 5.56 Å². The lowest BCUT2D eigenvalue weighted by Gasteiger charge is -2.30. The summed E-state index contributed by atoms with van der Waals surface area (Å²) >= 11 is 0. The molecular weight excluding hydrogens is 530 g/mol. The monoisotopic (exact) mass is 570 g/mol. The van der Waals surface area contributed by atoms with E-state index in [0.717, 1.165) is 59.8 Å². The first kappa shape index (κ1) is 30.5. The summed E-state index contributed by atoms with van der Waals surface area (Å²) < 4.78 is 14.3. The summed E-state index contributed by atoms with van der Waals surface area (Å²) in [6.07, 6.45) is 9.26. The molecule has 0 spiro atoms. The van der Waals surface area contributed by atoms with Gasteiger partial charge in [0.2, 0.25) is 0 Å². The van der Waals surface area contributed by atoms with Crippen molar-refractivity contribution in [3.05, 3.63) is 88.4 Å². The van der Waals surface area contributed by atoms with Crippen molar-refractivity contribution in [2.45, 2.75) is 65.3 Å². The first-order valence-corrected chi connectivity index (χ1v) is 15.4. The standard InChI is InChI=1S/C33H40FN6P/c1-20-8-11-27(15-31(20)34)23(4)40(7)24(5)32-33(38-18-29(16-35)39-32)41-19-25-9-12-26(13-10-25)28-14-30(21(2)36-6)22(3)37-17-28/h8,11,14-15,17-18,23,25-26,41H,5,9-10,12-13,19H2,1-4,6-7H3/b36-21-. The van der Waals surface area contributed by atoms with Gasteiger partial charge in [0.1, 0.15) is 17.6 Å². The van der Waals surface area contributed by atoms with E-state index in [0.29, 0.717) is 37.4 Å². The van der Waals surface area contributed by atoms with Crippen LogP contribution in [0.2, 0.25) is 0 Å². The molecule has 0 N–H and O–H groups in total. The molecule has 0 amide bonds. The van der Waals surface area contributed by atoms with Gasteiger partial charge in [0.15, 0.2) is 5.69 Å². The Kier molecular flexibility index (Phi) is 9.99. The Morgan fingerprint density at radius 3 is 2.59 bits per heavy atom. The van der Waals surface area contributed by atoms with Gasteiger partial charge < -0.3 is 4.90 Å². The van der Waals surface area contributed by atoms with E-state index in [2.05, 4.69) is 38.7 Å². The highest BCUT2D eigenvalue weighted by Crippen LogP contribution is 2.38. The van der Waals surface area contributed by atoms with Crippen LogP contribution in [0.15, 0.2) is 48.2 Å². The van der Waals surface area contributed by atoms with Crippen LogP contribution in [0.4, 0.5) is 4.39 Å². The van der Waals surface area contributed by atoms with Crippen molar-refractivity contribution in [3.63, 3.8) is 0 Å². The maximum atomic E-state index is 14.3. The molecule has 0 saturated heterocycles. The first-order valence-electron chi connectivity index (χ1n) is 14.2. The average Bonchev–Trinajstić information content (AvgIpc) is 3.00. The number of rotatable bonds is 9. The number of hydrogen-bond donors (Lipinski definition) is 0. The summed E-state index contributed by atoms with van der Waals surface area (Å²) in [6.45, 7) is 12.2. The van der Waals surface area contributed by atoms with E-state index >= 15 is 0 Å². The lowest BCUT2D eigenvalue weighted by atomic mass is 9.79. The number of aryl methyl sites for hydroxylation is 2. The van der Waals surface area contributed by atoms with Gasteiger partial charge in [-0.15, -0.1) is 0 Å². The van der Waals surface area contributed by atoms with Gasteiger partial charge in [-0.05, 0) is 100 Å². The zero-order valence-corrected chi connectivity index (χ0v) is 26.0. The van der Waals surface area contributed by atoms with Crippen LogP contribution in [-0.2, 0) is 0 Å². The van der Waals surface area contributed by atoms with E-state index < -0.39 is 0 Å². The molecular formula is C33H40FN6P. The summed E-state index contributed by atoms with van der Waals surface area (Å²) in [4.78, 5) is 20.3. The molecule has 8 heteroatoms. The van der Waals surface area contributed by atoms with Crippen molar-refractivity contribution in [1.29, 1.82) is 5.26 Å². The fourth-order valence-electron chi connectivity index (χ4n) is 5.47. The highest BCUT2D eigenvalue weighted by atomic mass is 31.1. The van der Waals surface area contributed by atoms with Crippen molar-refractivity contribution >= 4 is 25.4 Å². The lowest BCUT2D eigenvalue weighted by Crippen LogP contribution is -2.25. The van der Waals surface area contributed by atoms with Gasteiger partial charge in [-0.25, -0.2) is 9.37 Å². The van der Waals surface area contributed by atoms with Crippen molar-refractivity contribution < 1.29 is 4.39 Å². The Bertz CT molecular complexity index is 1490. The smallest absolute Gasteiger partial charge is 0.159 e. The molecule has 41 heavy (non-hydrogen) atoms. The van der Waals surface area contributed by atoms with Crippen LogP contribution in [0, 0.1) is 36.9 Å². The van der Waals surface area contributed by atoms with Gasteiger partial charge in [0, 0.05) is 37.3 Å². The molecule has 214 valence electrons. The van der Waals surface area contributed by atoms with Gasteiger partial charge in [0.05, 0.1) is 23.4 Å². The highest BCUT2D eigenvalue weighted by molar-refractivity contribution is 7.47. The second-order valence-corrected chi connectivity index (χ2v) is 12.4. The molecule has 3 aromatic rings. The van der Waals surface area contributed by atoms with E-state index in [1.807, 2.05) is 52.0 Å². The molecule has 1 aliphatic rings. The quantitative estimate of drug-likeness (QED) is 0.207. The van der Waals surface area contributed by atoms with Crippen molar-refractivity contribution in [2.75, 3.05) is 20.3 Å². The molecule has 2 heterocycles. The zero-order chi connectivity index (χ0) is 29.7. The molecule has 0 radical (unpaired) electrons. The van der Waals surface area contributed by atoms with Crippen LogP contribution < -0.4 is 5.44 Å². The fourth-order valence-corrected chi connectivity index (χ4v) is 6.88. The van der Waals surface area contributed by atoms with E-state index in [-0.39, 0.29) is 17.6 Å². The lowest BCUT2D eigenvalue weighted by molar-refractivity contribution is 0.351. The van der Waals surface area contributed by atoms with Crippen LogP contribution in [0.25, 0.3) is 5.70 Å². The number of halogens is 1. The largest absolute Gasteiger partial charge is 0.367 e. The molecule has 4 rings (SSSR count). The Hall–Kier alpha value is -3.49. The number of pyridine rings is 1. The average molecular weight is 571 g/mol. The third-order valence-electron chi connectivity index (χ3n) is 8.55. The van der Waals surface area contributed by atoms with Crippen LogP contribution in [-0.4, -0.2) is 45.8 Å². The molecule has 1 saturated carbocycles. The van der Waals surface area contributed by atoms with Crippen molar-refractivity contribution in [3.8, 4) is 6.07 Å². The fraction of sp³-hybridized carbons (Fsp3) is 0.424. The topological polar surface area (TPSA) is 78.1 Å². The van der Waals surface area contributed by atoms with Gasteiger partial charge in [0.25, 0.3) is 0 Å². The Morgan fingerprint density at radius 1 is 1.20 bits per heavy atom. The molecule has 1 fully saturated rings. The number of nitriles is 1. The summed E-state index contributed by atoms with van der Waals surface area (Å²) in [6, 6.07) is 9.58. The molecule has 2 atom stereocenters. The Balaban J connectivity index is 1.43. The summed E-state index contributed by atoms with van der Waals surface area (Å²) in [5.74, 6) is 0.922. The molecule has 0 bridgehead atoms. The van der Waals surface area contributed by atoms with Gasteiger partial charge in [-0.2, -0.15) is 5.26 Å². The molecule has 1 aliphatic carbocycles. The molecule has 0 aliphatic heterocycles. The highest BCUT2D eigenvalue weighted by Gasteiger charge is 2.25. The van der Waals surface area contributed by atoms with Crippen LogP contribution >= 0.6 is 8.58 Å². The first-order chi connectivity index (χ1) is 19.6. The Morgan fingerprint density at radius 2 is 1.93 bits per heavy atom. The van der Waals surface area contributed by atoms with E-state index in [1.54, 1.807) is 25.3 Å². The second-order valence-electron chi connectivity index (χ2n) is 11.1. The molecule has 6 nitrogen and oxygen atoms in total. The van der Waals surface area contributed by atoms with Gasteiger partial charge in [-0.1, -0.05) is 27.3 Å². The van der Waals surface area contributed by atoms with E-state index in [9.17, 15) is 9.65 Å². The minimum absolute atomic E-state index is 0.124. The minimum atomic E-state index is -0.222. The predicted octanol–water partition coefficient (Wildman–Crippen LogP) is 6.88. The minimum Gasteiger partial charge on any atom is -0.367 e. The number of aromatic nitrogens is 3. The summed E-state index contributed by atoms with van der Waals surface area (Å²) in [5.41, 5.74) is 8.48. The van der Waals surface area contributed by atoms with E-state index in [4.69, 9.17) is 0 Å². The summed E-state index contributed by atoms with van der Waals surface area (Å²) in [5, 5.41) is 9.50.